The second-order valence-electron chi connectivity index (χ2n) is 7.49. The van der Waals surface area contributed by atoms with E-state index in [2.05, 4.69) is 31.0 Å². The van der Waals surface area contributed by atoms with Crippen LogP contribution in [0.1, 0.15) is 52.9 Å². The van der Waals surface area contributed by atoms with Crippen LogP contribution in [0.5, 0.6) is 0 Å². The van der Waals surface area contributed by atoms with Crippen LogP contribution in [-0.2, 0) is 0 Å². The zero-order chi connectivity index (χ0) is 13.7. The summed E-state index contributed by atoms with van der Waals surface area (Å²) < 4.78 is 0. The average molecular weight is 266 g/mol. The lowest BCUT2D eigenvalue weighted by Crippen LogP contribution is -2.33. The fraction of sp³-hybridized carbons (Fsp3) is 1.00. The molecule has 1 saturated heterocycles. The fourth-order valence-electron chi connectivity index (χ4n) is 3.82. The number of likely N-dealkylation sites (tertiary alicyclic amines) is 1. The molecule has 1 aliphatic carbocycles. The summed E-state index contributed by atoms with van der Waals surface area (Å²) in [6.07, 6.45) is 7.31. The van der Waals surface area contributed by atoms with Crippen molar-refractivity contribution >= 4 is 0 Å². The van der Waals surface area contributed by atoms with Gasteiger partial charge in [0.15, 0.2) is 0 Å². The number of rotatable bonds is 6. The minimum Gasteiger partial charge on any atom is -0.316 e. The van der Waals surface area contributed by atoms with E-state index in [1.165, 1.54) is 64.8 Å². The van der Waals surface area contributed by atoms with E-state index in [-0.39, 0.29) is 0 Å². The molecule has 0 amide bonds. The van der Waals surface area contributed by atoms with Gasteiger partial charge in [-0.15, -0.1) is 0 Å². The molecule has 1 aliphatic heterocycles. The highest BCUT2D eigenvalue weighted by Crippen LogP contribution is 2.31. The van der Waals surface area contributed by atoms with Crippen LogP contribution >= 0.6 is 0 Å². The van der Waals surface area contributed by atoms with Gasteiger partial charge in [0.05, 0.1) is 0 Å². The molecule has 0 aromatic rings. The Morgan fingerprint density at radius 1 is 1.16 bits per heavy atom. The van der Waals surface area contributed by atoms with E-state index in [4.69, 9.17) is 0 Å². The van der Waals surface area contributed by atoms with Crippen molar-refractivity contribution in [1.82, 2.24) is 10.2 Å². The topological polar surface area (TPSA) is 15.3 Å². The first-order valence-electron chi connectivity index (χ1n) is 8.58. The normalized spacial score (nSPS) is 33.2. The summed E-state index contributed by atoms with van der Waals surface area (Å²) in [5, 5.41) is 3.63. The molecule has 0 spiro atoms. The maximum atomic E-state index is 3.63. The summed E-state index contributed by atoms with van der Waals surface area (Å²) in [7, 11) is 0. The van der Waals surface area contributed by atoms with Crippen LogP contribution in [0.15, 0.2) is 0 Å². The molecule has 0 aromatic heterocycles. The van der Waals surface area contributed by atoms with Crippen molar-refractivity contribution in [3.8, 4) is 0 Å². The van der Waals surface area contributed by atoms with Crippen molar-refractivity contribution in [1.29, 1.82) is 0 Å². The third kappa shape index (κ3) is 5.07. The fourth-order valence-corrected chi connectivity index (χ4v) is 3.82. The molecule has 3 unspecified atom stereocenters. The summed E-state index contributed by atoms with van der Waals surface area (Å²) in [6.45, 7) is 13.5. The molecular weight excluding hydrogens is 232 g/mol. The summed E-state index contributed by atoms with van der Waals surface area (Å²) in [5.74, 6) is 3.63. The van der Waals surface area contributed by atoms with Crippen molar-refractivity contribution in [3.05, 3.63) is 0 Å². The Labute approximate surface area is 120 Å². The highest BCUT2D eigenvalue weighted by Gasteiger charge is 2.27. The first-order valence-corrected chi connectivity index (χ1v) is 8.58. The molecule has 2 heteroatoms. The van der Waals surface area contributed by atoms with E-state index >= 15 is 0 Å². The second-order valence-corrected chi connectivity index (χ2v) is 7.49. The predicted molar refractivity (Wildman–Crippen MR) is 83.4 cm³/mol. The smallest absolute Gasteiger partial charge is 0.00224 e. The van der Waals surface area contributed by atoms with Crippen LogP contribution in [0.2, 0.25) is 0 Å². The van der Waals surface area contributed by atoms with Crippen molar-refractivity contribution in [3.63, 3.8) is 0 Å². The summed E-state index contributed by atoms with van der Waals surface area (Å²) in [5.41, 5.74) is 0. The van der Waals surface area contributed by atoms with Crippen molar-refractivity contribution in [2.75, 3.05) is 32.7 Å². The average Bonchev–Trinajstić information content (AvgIpc) is 2.79. The van der Waals surface area contributed by atoms with Crippen molar-refractivity contribution in [2.45, 2.75) is 52.9 Å². The summed E-state index contributed by atoms with van der Waals surface area (Å²) >= 11 is 0. The molecule has 0 radical (unpaired) electrons. The molecule has 1 N–H and O–H groups in total. The first kappa shape index (κ1) is 15.3. The highest BCUT2D eigenvalue weighted by molar-refractivity contribution is 4.82. The minimum atomic E-state index is 0.778. The van der Waals surface area contributed by atoms with Gasteiger partial charge < -0.3 is 10.2 Å². The Balaban J connectivity index is 1.64. The van der Waals surface area contributed by atoms with Gasteiger partial charge in [-0.3, -0.25) is 0 Å². The largest absolute Gasteiger partial charge is 0.316 e. The lowest BCUT2D eigenvalue weighted by atomic mass is 9.80. The third-order valence-electron chi connectivity index (χ3n) is 5.14. The number of hydrogen-bond donors (Lipinski definition) is 1. The monoisotopic (exact) mass is 266 g/mol. The van der Waals surface area contributed by atoms with Crippen LogP contribution < -0.4 is 5.32 Å². The van der Waals surface area contributed by atoms with Gasteiger partial charge in [0, 0.05) is 13.1 Å². The summed E-state index contributed by atoms with van der Waals surface area (Å²) in [4.78, 5) is 2.74. The Bertz CT molecular complexity index is 252. The van der Waals surface area contributed by atoms with Crippen molar-refractivity contribution in [2.24, 2.45) is 23.7 Å². The molecule has 0 bridgehead atoms. The Kier molecular flexibility index (Phi) is 6.15. The van der Waals surface area contributed by atoms with Gasteiger partial charge in [-0.05, 0) is 56.1 Å². The molecular formula is C17H34N2. The second kappa shape index (κ2) is 7.64. The Hall–Kier alpha value is -0.0800. The zero-order valence-corrected chi connectivity index (χ0v) is 13.3. The van der Waals surface area contributed by atoms with Gasteiger partial charge in [0.2, 0.25) is 0 Å². The lowest BCUT2D eigenvalue weighted by molar-refractivity contribution is 0.177. The molecule has 2 nitrogen and oxygen atoms in total. The molecule has 2 rings (SSSR count). The van der Waals surface area contributed by atoms with Gasteiger partial charge in [0.25, 0.3) is 0 Å². The molecule has 3 atom stereocenters. The van der Waals surface area contributed by atoms with Crippen molar-refractivity contribution < 1.29 is 0 Å². The van der Waals surface area contributed by atoms with E-state index in [0.29, 0.717) is 0 Å². The van der Waals surface area contributed by atoms with E-state index in [1.807, 2.05) is 0 Å². The third-order valence-corrected chi connectivity index (χ3v) is 5.14. The van der Waals surface area contributed by atoms with Gasteiger partial charge in [-0.2, -0.15) is 0 Å². The van der Waals surface area contributed by atoms with E-state index < -0.39 is 0 Å². The maximum absolute atomic E-state index is 3.63. The van der Waals surface area contributed by atoms with Crippen LogP contribution in [0.25, 0.3) is 0 Å². The van der Waals surface area contributed by atoms with Crippen LogP contribution in [-0.4, -0.2) is 37.6 Å². The Morgan fingerprint density at radius 2 is 1.95 bits per heavy atom. The lowest BCUT2D eigenvalue weighted by Gasteiger charge is -2.32. The molecule has 1 saturated carbocycles. The van der Waals surface area contributed by atoms with Crippen LogP contribution in [0.3, 0.4) is 0 Å². The standard InChI is InChI=1S/C17H34N2/c1-14(2)10-18-11-16-8-9-19(12-16)13-17-7-5-4-6-15(17)3/h14-18H,4-13H2,1-3H3. The SMILES string of the molecule is CC(C)CNCC1CCN(CC2CCCCC2C)C1. The molecule has 1 heterocycles. The Morgan fingerprint density at radius 3 is 2.68 bits per heavy atom. The number of nitrogens with zero attached hydrogens (tertiary/aromatic N) is 1. The van der Waals surface area contributed by atoms with Gasteiger partial charge in [0.1, 0.15) is 0 Å². The van der Waals surface area contributed by atoms with E-state index in [1.54, 1.807) is 0 Å². The first-order chi connectivity index (χ1) is 9.15. The van der Waals surface area contributed by atoms with E-state index in [9.17, 15) is 0 Å². The molecule has 112 valence electrons. The molecule has 0 aromatic carbocycles. The van der Waals surface area contributed by atoms with Crippen LogP contribution in [0.4, 0.5) is 0 Å². The molecule has 19 heavy (non-hydrogen) atoms. The summed E-state index contributed by atoms with van der Waals surface area (Å²) in [6, 6.07) is 0. The van der Waals surface area contributed by atoms with Crippen LogP contribution in [0, 0.1) is 23.7 Å². The van der Waals surface area contributed by atoms with Gasteiger partial charge >= 0.3 is 0 Å². The quantitative estimate of drug-likeness (QED) is 0.793. The molecule has 2 aliphatic rings. The molecule has 2 fully saturated rings. The zero-order valence-electron chi connectivity index (χ0n) is 13.3. The maximum Gasteiger partial charge on any atom is 0.00224 e. The highest BCUT2D eigenvalue weighted by atomic mass is 15.2. The minimum absolute atomic E-state index is 0.778. The van der Waals surface area contributed by atoms with Gasteiger partial charge in [-0.1, -0.05) is 40.0 Å². The number of hydrogen-bond acceptors (Lipinski definition) is 2. The van der Waals surface area contributed by atoms with E-state index in [0.717, 1.165) is 23.7 Å². The van der Waals surface area contributed by atoms with Gasteiger partial charge in [-0.25, -0.2) is 0 Å². The number of nitrogens with one attached hydrogen (secondary N) is 1. The predicted octanol–water partition coefficient (Wildman–Crippen LogP) is 3.38.